The Morgan fingerprint density at radius 3 is 2.38 bits per heavy atom. The highest BCUT2D eigenvalue weighted by atomic mass is 35.5. The van der Waals surface area contributed by atoms with Crippen LogP contribution in [-0.4, -0.2) is 13.6 Å². The fourth-order valence-corrected chi connectivity index (χ4v) is 3.11. The van der Waals surface area contributed by atoms with Gasteiger partial charge in [0.1, 0.15) is 11.9 Å². The summed E-state index contributed by atoms with van der Waals surface area (Å²) in [7, 11) is 1.89. The topological polar surface area (TPSA) is 21.3 Å². The number of alkyl halides is 3. The number of nitrogens with one attached hydrogen (secondary N) is 1. The molecule has 130 valence electrons. The minimum Gasteiger partial charge on any atom is -0.485 e. The van der Waals surface area contributed by atoms with E-state index >= 15 is 0 Å². The Kier molecular flexibility index (Phi) is 5.78. The summed E-state index contributed by atoms with van der Waals surface area (Å²) < 4.78 is 43.9. The smallest absolute Gasteiger partial charge is 0.416 e. The molecule has 2 aromatic carbocycles. The van der Waals surface area contributed by atoms with Crippen LogP contribution in [0.15, 0.2) is 48.5 Å². The van der Waals surface area contributed by atoms with E-state index in [1.54, 1.807) is 0 Å². The molecular weight excluding hydrogens is 339 g/mol. The van der Waals surface area contributed by atoms with Crippen LogP contribution in [0.3, 0.4) is 0 Å². The average Bonchev–Trinajstić information content (AvgIpc) is 2.85. The lowest BCUT2D eigenvalue weighted by Gasteiger charge is -2.22. The van der Waals surface area contributed by atoms with Crippen molar-refractivity contribution in [1.29, 1.82) is 0 Å². The van der Waals surface area contributed by atoms with E-state index in [2.05, 4.69) is 11.4 Å². The molecule has 24 heavy (non-hydrogen) atoms. The van der Waals surface area contributed by atoms with Gasteiger partial charge >= 0.3 is 6.18 Å². The van der Waals surface area contributed by atoms with Gasteiger partial charge < -0.3 is 10.1 Å². The van der Waals surface area contributed by atoms with Crippen LogP contribution in [0.4, 0.5) is 13.2 Å². The monoisotopic (exact) mass is 357 g/mol. The number of hydrogen-bond donors (Lipinski definition) is 1. The minimum absolute atomic E-state index is 0. The molecule has 2 atom stereocenters. The van der Waals surface area contributed by atoms with Crippen molar-refractivity contribution in [2.75, 3.05) is 13.6 Å². The van der Waals surface area contributed by atoms with Gasteiger partial charge in [0, 0.05) is 12.5 Å². The molecule has 0 spiro atoms. The van der Waals surface area contributed by atoms with E-state index < -0.39 is 11.7 Å². The molecule has 0 saturated carbocycles. The standard InChI is InChI=1S/C18H18F3NO.ClH/c1-22-11-13-10-12-4-2-3-5-16(12)17(13)23-15-8-6-14(7-9-15)18(19,20)21;/h2-9,13,17,22H,10-11H2,1H3;1H. The van der Waals surface area contributed by atoms with E-state index in [0.717, 1.165) is 30.7 Å². The van der Waals surface area contributed by atoms with E-state index in [-0.39, 0.29) is 24.4 Å². The molecule has 0 heterocycles. The van der Waals surface area contributed by atoms with Crippen molar-refractivity contribution < 1.29 is 17.9 Å². The number of fused-ring (bicyclic) bond motifs is 1. The lowest BCUT2D eigenvalue weighted by Crippen LogP contribution is -2.25. The SMILES string of the molecule is CNCC1Cc2ccccc2C1Oc1ccc(C(F)(F)F)cc1.Cl. The van der Waals surface area contributed by atoms with Gasteiger partial charge in [0.2, 0.25) is 0 Å². The summed E-state index contributed by atoms with van der Waals surface area (Å²) in [4.78, 5) is 0. The quantitative estimate of drug-likeness (QED) is 0.860. The van der Waals surface area contributed by atoms with Gasteiger partial charge in [-0.2, -0.15) is 13.2 Å². The largest absolute Gasteiger partial charge is 0.485 e. The summed E-state index contributed by atoms with van der Waals surface area (Å²) in [6.45, 7) is 0.792. The van der Waals surface area contributed by atoms with Crippen molar-refractivity contribution in [2.45, 2.75) is 18.7 Å². The predicted octanol–water partition coefficient (Wildman–Crippen LogP) is 4.64. The second kappa shape index (κ2) is 7.45. The van der Waals surface area contributed by atoms with Crippen LogP contribution in [0.1, 0.15) is 22.8 Å². The van der Waals surface area contributed by atoms with Crippen LogP contribution in [0.25, 0.3) is 0 Å². The molecule has 2 unspecified atom stereocenters. The first kappa shape index (κ1) is 18.6. The molecule has 0 radical (unpaired) electrons. The maximum atomic E-state index is 12.6. The van der Waals surface area contributed by atoms with E-state index in [1.165, 1.54) is 17.7 Å². The molecule has 0 saturated heterocycles. The van der Waals surface area contributed by atoms with Crippen LogP contribution in [0.2, 0.25) is 0 Å². The minimum atomic E-state index is -4.33. The molecule has 0 amide bonds. The van der Waals surface area contributed by atoms with Crippen molar-refractivity contribution in [1.82, 2.24) is 5.32 Å². The Morgan fingerprint density at radius 2 is 1.75 bits per heavy atom. The zero-order chi connectivity index (χ0) is 16.4. The molecule has 0 fully saturated rings. The highest BCUT2D eigenvalue weighted by Gasteiger charge is 2.34. The van der Waals surface area contributed by atoms with Crippen molar-refractivity contribution in [3.63, 3.8) is 0 Å². The molecule has 0 bridgehead atoms. The normalized spacial score (nSPS) is 19.5. The maximum absolute atomic E-state index is 12.6. The Bertz CT molecular complexity index is 673. The van der Waals surface area contributed by atoms with Gasteiger partial charge in [0.05, 0.1) is 5.56 Å². The second-order valence-corrected chi connectivity index (χ2v) is 5.78. The highest BCUT2D eigenvalue weighted by molar-refractivity contribution is 5.85. The summed E-state index contributed by atoms with van der Waals surface area (Å²) >= 11 is 0. The predicted molar refractivity (Wildman–Crippen MR) is 89.6 cm³/mol. The summed E-state index contributed by atoms with van der Waals surface area (Å²) in [5.74, 6) is 0.723. The number of halogens is 4. The molecule has 1 aliphatic rings. The molecule has 2 nitrogen and oxygen atoms in total. The summed E-state index contributed by atoms with van der Waals surface area (Å²) in [5, 5.41) is 3.16. The molecule has 0 aliphatic heterocycles. The third-order valence-corrected chi connectivity index (χ3v) is 4.18. The maximum Gasteiger partial charge on any atom is 0.416 e. The average molecular weight is 358 g/mol. The van der Waals surface area contributed by atoms with Crippen molar-refractivity contribution in [3.8, 4) is 5.75 Å². The molecule has 1 aliphatic carbocycles. The fourth-order valence-electron chi connectivity index (χ4n) is 3.11. The first-order valence-corrected chi connectivity index (χ1v) is 7.55. The van der Waals surface area contributed by atoms with Crippen molar-refractivity contribution in [3.05, 3.63) is 65.2 Å². The van der Waals surface area contributed by atoms with E-state index in [4.69, 9.17) is 4.74 Å². The molecular formula is C18H19ClF3NO. The lowest BCUT2D eigenvalue weighted by atomic mass is 10.0. The highest BCUT2D eigenvalue weighted by Crippen LogP contribution is 2.39. The van der Waals surface area contributed by atoms with Gasteiger partial charge in [0.15, 0.2) is 0 Å². The van der Waals surface area contributed by atoms with Gasteiger partial charge in [-0.05, 0) is 48.9 Å². The molecule has 1 N–H and O–H groups in total. The number of rotatable bonds is 4. The second-order valence-electron chi connectivity index (χ2n) is 5.78. The first-order valence-electron chi connectivity index (χ1n) is 7.55. The summed E-state index contributed by atoms with van der Waals surface area (Å²) in [6, 6.07) is 13.0. The Morgan fingerprint density at radius 1 is 1.08 bits per heavy atom. The third kappa shape index (κ3) is 3.84. The van der Waals surface area contributed by atoms with E-state index in [0.29, 0.717) is 5.75 Å². The van der Waals surface area contributed by atoms with Crippen LogP contribution < -0.4 is 10.1 Å². The number of benzene rings is 2. The van der Waals surface area contributed by atoms with Crippen LogP contribution in [0, 0.1) is 5.92 Å². The third-order valence-electron chi connectivity index (χ3n) is 4.18. The van der Waals surface area contributed by atoms with Gasteiger partial charge in [-0.1, -0.05) is 24.3 Å². The van der Waals surface area contributed by atoms with Crippen LogP contribution in [0.5, 0.6) is 5.75 Å². The van der Waals surface area contributed by atoms with Gasteiger partial charge in [-0.3, -0.25) is 0 Å². The number of ether oxygens (including phenoxy) is 1. The Balaban J connectivity index is 0.00000208. The van der Waals surface area contributed by atoms with Crippen molar-refractivity contribution in [2.24, 2.45) is 5.92 Å². The first-order chi connectivity index (χ1) is 11.0. The van der Waals surface area contributed by atoms with Gasteiger partial charge in [-0.15, -0.1) is 12.4 Å². The van der Waals surface area contributed by atoms with Crippen molar-refractivity contribution >= 4 is 12.4 Å². The molecule has 2 aromatic rings. The zero-order valence-electron chi connectivity index (χ0n) is 13.1. The lowest BCUT2D eigenvalue weighted by molar-refractivity contribution is -0.137. The summed E-state index contributed by atoms with van der Waals surface area (Å²) in [6.07, 6.45) is -3.56. The van der Waals surface area contributed by atoms with Gasteiger partial charge in [0.25, 0.3) is 0 Å². The van der Waals surface area contributed by atoms with Crippen LogP contribution >= 0.6 is 12.4 Å². The van der Waals surface area contributed by atoms with Crippen LogP contribution in [-0.2, 0) is 12.6 Å². The van der Waals surface area contributed by atoms with Gasteiger partial charge in [-0.25, -0.2) is 0 Å². The Hall–Kier alpha value is -1.72. The number of hydrogen-bond acceptors (Lipinski definition) is 2. The zero-order valence-corrected chi connectivity index (χ0v) is 14.0. The molecule has 0 aromatic heterocycles. The Labute approximate surface area is 145 Å². The molecule has 6 heteroatoms. The fraction of sp³-hybridized carbons (Fsp3) is 0.333. The van der Waals surface area contributed by atoms with E-state index in [1.807, 2.05) is 25.2 Å². The van der Waals surface area contributed by atoms with E-state index in [9.17, 15) is 13.2 Å². The summed E-state index contributed by atoms with van der Waals surface area (Å²) in [5.41, 5.74) is 1.70. The molecule has 3 rings (SSSR count).